The highest BCUT2D eigenvalue weighted by Crippen LogP contribution is 2.49. The molecule has 1 aliphatic carbocycles. The van der Waals surface area contributed by atoms with Gasteiger partial charge in [0.05, 0.1) is 0 Å². The lowest BCUT2D eigenvalue weighted by Crippen LogP contribution is -1.87. The molecule has 148 valence electrons. The summed E-state index contributed by atoms with van der Waals surface area (Å²) in [5.74, 6) is 0. The normalized spacial score (nSPS) is 11.8. The van der Waals surface area contributed by atoms with Crippen LogP contribution in [0.3, 0.4) is 0 Å². The van der Waals surface area contributed by atoms with Gasteiger partial charge in [-0.1, -0.05) is 103 Å². The molecule has 1 aliphatic rings. The van der Waals surface area contributed by atoms with Gasteiger partial charge in [-0.25, -0.2) is 0 Å². The Morgan fingerprint density at radius 3 is 1.66 bits per heavy atom. The van der Waals surface area contributed by atoms with Crippen LogP contribution in [0.4, 0.5) is 0 Å². The number of hydrogen-bond donors (Lipinski definition) is 0. The summed E-state index contributed by atoms with van der Waals surface area (Å²) < 4.78 is 0. The molecule has 0 atom stereocenters. The van der Waals surface area contributed by atoms with E-state index in [-0.39, 0.29) is 0 Å². The average molecular weight is 405 g/mol. The van der Waals surface area contributed by atoms with E-state index >= 15 is 0 Å². The summed E-state index contributed by atoms with van der Waals surface area (Å²) in [6.07, 6.45) is 0. The van der Waals surface area contributed by atoms with Crippen molar-refractivity contribution >= 4 is 21.5 Å². The van der Waals surface area contributed by atoms with Crippen molar-refractivity contribution in [1.29, 1.82) is 0 Å². The van der Waals surface area contributed by atoms with Crippen molar-refractivity contribution < 1.29 is 0 Å². The molecule has 7 rings (SSSR count). The van der Waals surface area contributed by atoms with Gasteiger partial charge in [0.1, 0.15) is 0 Å². The number of fused-ring (bicyclic) bond motifs is 4. The van der Waals surface area contributed by atoms with Gasteiger partial charge >= 0.3 is 0 Å². The summed E-state index contributed by atoms with van der Waals surface area (Å²) in [6, 6.07) is 44.3. The Balaban J connectivity index is 1.48. The second-order valence-corrected chi connectivity index (χ2v) is 8.58. The van der Waals surface area contributed by atoms with E-state index in [0.717, 1.165) is 0 Å². The fourth-order valence-corrected chi connectivity index (χ4v) is 5.32. The van der Waals surface area contributed by atoms with Crippen LogP contribution in [0, 0.1) is 0 Å². The van der Waals surface area contributed by atoms with E-state index in [9.17, 15) is 0 Å². The van der Waals surface area contributed by atoms with Gasteiger partial charge in [-0.3, -0.25) is 0 Å². The first-order chi connectivity index (χ1) is 15.9. The molecule has 0 aromatic heterocycles. The lowest BCUT2D eigenvalue weighted by atomic mass is 9.90. The maximum atomic E-state index is 2.39. The summed E-state index contributed by atoms with van der Waals surface area (Å²) in [5.41, 5.74) is 10.4. The second-order valence-electron chi connectivity index (χ2n) is 8.58. The summed E-state index contributed by atoms with van der Waals surface area (Å²) in [7, 11) is 0. The molecule has 0 bridgehead atoms. The van der Waals surface area contributed by atoms with Crippen LogP contribution in [0.5, 0.6) is 0 Å². The molecule has 0 fully saturated rings. The van der Waals surface area contributed by atoms with Crippen molar-refractivity contribution in [2.24, 2.45) is 0 Å². The quantitative estimate of drug-likeness (QED) is 0.270. The van der Waals surface area contributed by atoms with E-state index in [4.69, 9.17) is 0 Å². The minimum atomic E-state index is 1.25. The zero-order chi connectivity index (χ0) is 21.1. The Morgan fingerprint density at radius 2 is 0.844 bits per heavy atom. The van der Waals surface area contributed by atoms with Crippen molar-refractivity contribution in [3.63, 3.8) is 0 Å². The third kappa shape index (κ3) is 2.50. The highest BCUT2D eigenvalue weighted by atomic mass is 14.2. The van der Waals surface area contributed by atoms with Crippen molar-refractivity contribution in [1.82, 2.24) is 0 Å². The van der Waals surface area contributed by atoms with Crippen molar-refractivity contribution in [3.05, 3.63) is 121 Å². The van der Waals surface area contributed by atoms with E-state index in [0.29, 0.717) is 0 Å². The Bertz CT molecular complexity index is 1670. The van der Waals surface area contributed by atoms with Crippen LogP contribution in [-0.4, -0.2) is 0 Å². The first kappa shape index (κ1) is 17.5. The zero-order valence-corrected chi connectivity index (χ0v) is 17.5. The van der Waals surface area contributed by atoms with Gasteiger partial charge < -0.3 is 0 Å². The van der Waals surface area contributed by atoms with Gasteiger partial charge in [-0.05, 0) is 84.3 Å². The van der Waals surface area contributed by atoms with Gasteiger partial charge in [-0.15, -0.1) is 0 Å². The number of hydrogen-bond acceptors (Lipinski definition) is 0. The molecule has 0 saturated carbocycles. The van der Waals surface area contributed by atoms with Crippen LogP contribution in [0.25, 0.3) is 66.1 Å². The second kappa shape index (κ2) is 6.67. The van der Waals surface area contributed by atoms with Crippen LogP contribution in [0.1, 0.15) is 0 Å². The predicted molar refractivity (Wildman–Crippen MR) is 137 cm³/mol. The summed E-state index contributed by atoms with van der Waals surface area (Å²) in [6.45, 7) is 0. The smallest absolute Gasteiger partial charge is 0.00259 e. The zero-order valence-electron chi connectivity index (χ0n) is 17.5. The van der Waals surface area contributed by atoms with Gasteiger partial charge in [0, 0.05) is 0 Å². The SMILES string of the molecule is c1ccc(-c2cc3c4c(cccc4c2)-c2ccccc2-3)c(-c2ccc3ccccc3c2)c1. The summed E-state index contributed by atoms with van der Waals surface area (Å²) >= 11 is 0. The van der Waals surface area contributed by atoms with E-state index < -0.39 is 0 Å². The molecule has 0 heteroatoms. The van der Waals surface area contributed by atoms with Crippen LogP contribution in [-0.2, 0) is 0 Å². The van der Waals surface area contributed by atoms with E-state index in [1.54, 1.807) is 0 Å². The van der Waals surface area contributed by atoms with Crippen LogP contribution < -0.4 is 0 Å². The van der Waals surface area contributed by atoms with E-state index in [1.165, 1.54) is 66.1 Å². The molecule has 0 unspecified atom stereocenters. The third-order valence-electron chi connectivity index (χ3n) is 6.78. The summed E-state index contributed by atoms with van der Waals surface area (Å²) in [5, 5.41) is 5.23. The van der Waals surface area contributed by atoms with E-state index in [1.807, 2.05) is 0 Å². The molecule has 6 aromatic rings. The molecule has 0 spiro atoms. The molecular weight excluding hydrogens is 384 g/mol. The van der Waals surface area contributed by atoms with Gasteiger partial charge in [0.2, 0.25) is 0 Å². The Labute approximate surface area is 187 Å². The molecule has 0 N–H and O–H groups in total. The van der Waals surface area contributed by atoms with Crippen molar-refractivity contribution in [2.75, 3.05) is 0 Å². The molecule has 0 nitrogen and oxygen atoms in total. The maximum absolute atomic E-state index is 2.39. The maximum Gasteiger partial charge on any atom is -0.00259 e. The van der Waals surface area contributed by atoms with Crippen LogP contribution in [0.15, 0.2) is 121 Å². The topological polar surface area (TPSA) is 0 Å². The van der Waals surface area contributed by atoms with Crippen LogP contribution in [0.2, 0.25) is 0 Å². The Hall–Kier alpha value is -4.16. The molecule has 0 amide bonds. The lowest BCUT2D eigenvalue weighted by molar-refractivity contribution is 1.61. The number of rotatable bonds is 2. The number of benzene rings is 6. The first-order valence-corrected chi connectivity index (χ1v) is 11.1. The average Bonchev–Trinajstić information content (AvgIpc) is 3.19. The molecule has 32 heavy (non-hydrogen) atoms. The first-order valence-electron chi connectivity index (χ1n) is 11.1. The minimum absolute atomic E-state index is 1.25. The Morgan fingerprint density at radius 1 is 0.281 bits per heavy atom. The molecular formula is C32H20. The van der Waals surface area contributed by atoms with Crippen LogP contribution >= 0.6 is 0 Å². The predicted octanol–water partition coefficient (Wildman–Crippen LogP) is 8.97. The molecule has 6 aromatic carbocycles. The molecule has 0 aliphatic heterocycles. The lowest BCUT2D eigenvalue weighted by Gasteiger charge is -2.13. The van der Waals surface area contributed by atoms with E-state index in [2.05, 4.69) is 121 Å². The fraction of sp³-hybridized carbons (Fsp3) is 0. The third-order valence-corrected chi connectivity index (χ3v) is 6.78. The minimum Gasteiger partial charge on any atom is -0.0616 e. The molecule has 0 saturated heterocycles. The van der Waals surface area contributed by atoms with Crippen molar-refractivity contribution in [2.45, 2.75) is 0 Å². The van der Waals surface area contributed by atoms with Gasteiger partial charge in [0.15, 0.2) is 0 Å². The highest BCUT2D eigenvalue weighted by Gasteiger charge is 2.22. The molecule has 0 radical (unpaired) electrons. The van der Waals surface area contributed by atoms with Gasteiger partial charge in [0.25, 0.3) is 0 Å². The standard InChI is InChI=1S/C32H20/c1-2-9-22-18-23(17-16-21(22)8-1)26-11-3-4-12-27(26)25-19-24-10-7-15-30-28-13-5-6-14-29(28)31(20-25)32(24)30/h1-20H. The molecule has 0 heterocycles. The largest absolute Gasteiger partial charge is 0.0616 e. The fourth-order valence-electron chi connectivity index (χ4n) is 5.32. The Kier molecular flexibility index (Phi) is 3.65. The van der Waals surface area contributed by atoms with Crippen molar-refractivity contribution in [3.8, 4) is 44.5 Å². The van der Waals surface area contributed by atoms with Gasteiger partial charge in [-0.2, -0.15) is 0 Å². The monoisotopic (exact) mass is 404 g/mol. The summed E-state index contributed by atoms with van der Waals surface area (Å²) in [4.78, 5) is 0. The highest BCUT2D eigenvalue weighted by molar-refractivity contribution is 6.16.